The number of anilines is 1. The van der Waals surface area contributed by atoms with Gasteiger partial charge in [-0.3, -0.25) is 4.79 Å². The van der Waals surface area contributed by atoms with Crippen LogP contribution in [0.15, 0.2) is 46.9 Å². The predicted octanol–water partition coefficient (Wildman–Crippen LogP) is 2.55. The van der Waals surface area contributed by atoms with Crippen LogP contribution in [0.2, 0.25) is 0 Å². The Morgan fingerprint density at radius 1 is 1.24 bits per heavy atom. The van der Waals surface area contributed by atoms with Gasteiger partial charge in [-0.2, -0.15) is 0 Å². The summed E-state index contributed by atoms with van der Waals surface area (Å²) in [4.78, 5) is 11.8. The summed E-state index contributed by atoms with van der Waals surface area (Å²) in [5.41, 5.74) is 6.39. The summed E-state index contributed by atoms with van der Waals surface area (Å²) in [5, 5.41) is 2.74. The van der Waals surface area contributed by atoms with Crippen molar-refractivity contribution in [2.24, 2.45) is 5.73 Å². The maximum absolute atomic E-state index is 11.8. The number of nitrogens with two attached hydrogens (primary N) is 1. The number of para-hydroxylation sites is 1. The van der Waals surface area contributed by atoms with Gasteiger partial charge in [-0.25, -0.2) is 0 Å². The Hall–Kier alpha value is -2.07. The molecule has 0 spiro atoms. The summed E-state index contributed by atoms with van der Waals surface area (Å²) >= 11 is 0. The molecule has 3 N–H and O–H groups in total. The van der Waals surface area contributed by atoms with E-state index in [-0.39, 0.29) is 17.7 Å². The number of hydrogen-bond donors (Lipinski definition) is 2. The Morgan fingerprint density at radius 2 is 1.94 bits per heavy atom. The maximum Gasteiger partial charge on any atom is 0.291 e. The van der Waals surface area contributed by atoms with Crippen LogP contribution in [0.5, 0.6) is 0 Å². The van der Waals surface area contributed by atoms with Crippen molar-refractivity contribution in [1.29, 1.82) is 0 Å². The third-order valence-corrected chi connectivity index (χ3v) is 2.33. The molecule has 0 aliphatic heterocycles. The number of benzene rings is 1. The molecule has 1 heterocycles. The van der Waals surface area contributed by atoms with Crippen LogP contribution in [0, 0.1) is 0 Å². The van der Waals surface area contributed by atoms with E-state index in [1.54, 1.807) is 19.1 Å². The summed E-state index contributed by atoms with van der Waals surface area (Å²) in [6.45, 7) is 1.80. The van der Waals surface area contributed by atoms with Crippen LogP contribution in [0.25, 0.3) is 0 Å². The second-order valence-corrected chi connectivity index (χ2v) is 3.81. The van der Waals surface area contributed by atoms with Gasteiger partial charge >= 0.3 is 0 Å². The molecule has 0 aliphatic carbocycles. The quantitative estimate of drug-likeness (QED) is 0.851. The molecule has 0 bridgehead atoms. The van der Waals surface area contributed by atoms with E-state index in [4.69, 9.17) is 10.2 Å². The van der Waals surface area contributed by atoms with Crippen LogP contribution >= 0.6 is 0 Å². The van der Waals surface area contributed by atoms with Gasteiger partial charge in [0.25, 0.3) is 5.91 Å². The Kier molecular flexibility index (Phi) is 3.25. The first-order valence-corrected chi connectivity index (χ1v) is 5.38. The number of furan rings is 1. The second-order valence-electron chi connectivity index (χ2n) is 3.81. The molecule has 1 aromatic carbocycles. The molecule has 0 saturated heterocycles. The van der Waals surface area contributed by atoms with Crippen molar-refractivity contribution in [1.82, 2.24) is 0 Å². The fourth-order valence-electron chi connectivity index (χ4n) is 1.43. The van der Waals surface area contributed by atoms with Crippen molar-refractivity contribution in [3.63, 3.8) is 0 Å². The van der Waals surface area contributed by atoms with Crippen LogP contribution in [0.1, 0.15) is 29.3 Å². The average Bonchev–Trinajstić information content (AvgIpc) is 2.79. The standard InChI is InChI=1S/C13H14N2O2/c1-9(14)11-7-8-12(17-11)13(16)15-10-5-3-2-4-6-10/h2-9H,14H2,1H3,(H,15,16). The van der Waals surface area contributed by atoms with E-state index < -0.39 is 0 Å². The molecular formula is C13H14N2O2. The number of nitrogens with one attached hydrogen (secondary N) is 1. The molecule has 2 aromatic rings. The molecule has 88 valence electrons. The Balaban J connectivity index is 2.10. The van der Waals surface area contributed by atoms with Gasteiger partial charge in [0.05, 0.1) is 6.04 Å². The van der Waals surface area contributed by atoms with E-state index in [9.17, 15) is 4.79 Å². The van der Waals surface area contributed by atoms with Gasteiger partial charge < -0.3 is 15.5 Å². The van der Waals surface area contributed by atoms with Gasteiger partial charge in [-0.15, -0.1) is 0 Å². The van der Waals surface area contributed by atoms with Gasteiger partial charge in [0.15, 0.2) is 5.76 Å². The number of carbonyl (C=O) groups excluding carboxylic acids is 1. The molecule has 4 heteroatoms. The smallest absolute Gasteiger partial charge is 0.291 e. The van der Waals surface area contributed by atoms with Gasteiger partial charge in [0.1, 0.15) is 5.76 Å². The monoisotopic (exact) mass is 230 g/mol. The van der Waals surface area contributed by atoms with Gasteiger partial charge in [-0.1, -0.05) is 18.2 Å². The summed E-state index contributed by atoms with van der Waals surface area (Å²) in [6.07, 6.45) is 0. The molecule has 1 unspecified atom stereocenters. The number of carbonyl (C=O) groups is 1. The number of rotatable bonds is 3. The molecule has 0 aliphatic rings. The molecule has 1 aromatic heterocycles. The van der Waals surface area contributed by atoms with Crippen molar-refractivity contribution >= 4 is 11.6 Å². The second kappa shape index (κ2) is 4.84. The van der Waals surface area contributed by atoms with E-state index in [0.717, 1.165) is 5.69 Å². The average molecular weight is 230 g/mol. The highest BCUT2D eigenvalue weighted by atomic mass is 16.4. The summed E-state index contributed by atoms with van der Waals surface area (Å²) in [7, 11) is 0. The molecule has 0 saturated carbocycles. The van der Waals surface area contributed by atoms with Gasteiger partial charge in [-0.05, 0) is 31.2 Å². The minimum Gasteiger partial charge on any atom is -0.454 e. The van der Waals surface area contributed by atoms with E-state index >= 15 is 0 Å². The predicted molar refractivity (Wildman–Crippen MR) is 65.7 cm³/mol. The normalized spacial score (nSPS) is 12.1. The molecule has 4 nitrogen and oxygen atoms in total. The lowest BCUT2D eigenvalue weighted by Crippen LogP contribution is -2.11. The first kappa shape index (κ1) is 11.4. The highest BCUT2D eigenvalue weighted by Gasteiger charge is 2.12. The van der Waals surface area contributed by atoms with Crippen molar-refractivity contribution in [2.45, 2.75) is 13.0 Å². The SMILES string of the molecule is CC(N)c1ccc(C(=O)Nc2ccccc2)o1. The zero-order valence-corrected chi connectivity index (χ0v) is 9.51. The third kappa shape index (κ3) is 2.73. The van der Waals surface area contributed by atoms with Crippen molar-refractivity contribution in [3.8, 4) is 0 Å². The molecule has 0 radical (unpaired) electrons. The zero-order valence-electron chi connectivity index (χ0n) is 9.51. The third-order valence-electron chi connectivity index (χ3n) is 2.33. The topological polar surface area (TPSA) is 68.3 Å². The van der Waals surface area contributed by atoms with Crippen molar-refractivity contribution < 1.29 is 9.21 Å². The maximum atomic E-state index is 11.8. The van der Waals surface area contributed by atoms with E-state index in [2.05, 4.69) is 5.32 Å². The Bertz CT molecular complexity index is 503. The largest absolute Gasteiger partial charge is 0.454 e. The highest BCUT2D eigenvalue weighted by molar-refractivity contribution is 6.02. The van der Waals surface area contributed by atoms with Crippen LogP contribution < -0.4 is 11.1 Å². The molecule has 1 amide bonds. The lowest BCUT2D eigenvalue weighted by atomic mass is 10.3. The lowest BCUT2D eigenvalue weighted by molar-refractivity contribution is 0.0994. The zero-order chi connectivity index (χ0) is 12.3. The van der Waals surface area contributed by atoms with E-state index in [1.165, 1.54) is 0 Å². The Labute approximate surface area is 99.4 Å². The molecule has 0 fully saturated rings. The van der Waals surface area contributed by atoms with Crippen LogP contribution in [0.4, 0.5) is 5.69 Å². The minimum absolute atomic E-state index is 0.215. The van der Waals surface area contributed by atoms with E-state index in [0.29, 0.717) is 5.76 Å². The summed E-state index contributed by atoms with van der Waals surface area (Å²) in [6, 6.07) is 12.3. The molecule has 17 heavy (non-hydrogen) atoms. The highest BCUT2D eigenvalue weighted by Crippen LogP contribution is 2.15. The van der Waals surface area contributed by atoms with Gasteiger partial charge in [0, 0.05) is 5.69 Å². The summed E-state index contributed by atoms with van der Waals surface area (Å²) in [5.74, 6) is 0.590. The molecular weight excluding hydrogens is 216 g/mol. The first-order valence-electron chi connectivity index (χ1n) is 5.38. The molecule has 1 atom stereocenters. The fraction of sp³-hybridized carbons (Fsp3) is 0.154. The van der Waals surface area contributed by atoms with Crippen molar-refractivity contribution in [3.05, 3.63) is 54.0 Å². The van der Waals surface area contributed by atoms with Crippen molar-refractivity contribution in [2.75, 3.05) is 5.32 Å². The molecule has 2 rings (SSSR count). The minimum atomic E-state index is -0.275. The lowest BCUT2D eigenvalue weighted by Gasteiger charge is -2.02. The van der Waals surface area contributed by atoms with Crippen LogP contribution in [-0.4, -0.2) is 5.91 Å². The summed E-state index contributed by atoms with van der Waals surface area (Å²) < 4.78 is 5.34. The van der Waals surface area contributed by atoms with E-state index in [1.807, 2.05) is 30.3 Å². The number of amides is 1. The Morgan fingerprint density at radius 3 is 2.53 bits per heavy atom. The first-order chi connectivity index (χ1) is 8.16. The van der Waals surface area contributed by atoms with Crippen LogP contribution in [0.3, 0.4) is 0 Å². The number of hydrogen-bond acceptors (Lipinski definition) is 3. The van der Waals surface area contributed by atoms with Gasteiger partial charge in [0.2, 0.25) is 0 Å². The van der Waals surface area contributed by atoms with Crippen LogP contribution in [-0.2, 0) is 0 Å². The fourth-order valence-corrected chi connectivity index (χ4v) is 1.43.